The number of benzene rings is 1. The summed E-state index contributed by atoms with van der Waals surface area (Å²) in [6, 6.07) is 11.2. The Bertz CT molecular complexity index is 1190. The van der Waals surface area contributed by atoms with Gasteiger partial charge < -0.3 is 5.32 Å². The van der Waals surface area contributed by atoms with E-state index in [0.29, 0.717) is 27.7 Å². The number of hydrogen-bond acceptors (Lipinski definition) is 7. The molecule has 0 aliphatic carbocycles. The van der Waals surface area contributed by atoms with Crippen LogP contribution >= 0.6 is 34.7 Å². The summed E-state index contributed by atoms with van der Waals surface area (Å²) in [5.74, 6) is 0.694. The Hall–Kier alpha value is -3.01. The zero-order chi connectivity index (χ0) is 21.6. The molecule has 7 nitrogen and oxygen atoms in total. The summed E-state index contributed by atoms with van der Waals surface area (Å²) < 4.78 is 1.91. The van der Waals surface area contributed by atoms with E-state index in [9.17, 15) is 4.79 Å². The zero-order valence-corrected chi connectivity index (χ0v) is 18.6. The number of hydrogen-bond donors (Lipinski definition) is 1. The molecule has 3 heterocycles. The van der Waals surface area contributed by atoms with Gasteiger partial charge in [-0.25, -0.2) is 4.98 Å². The van der Waals surface area contributed by atoms with Crippen LogP contribution in [0, 0.1) is 0 Å². The van der Waals surface area contributed by atoms with Crippen molar-refractivity contribution in [1.82, 2.24) is 24.7 Å². The van der Waals surface area contributed by atoms with Crippen LogP contribution in [0.3, 0.4) is 0 Å². The predicted octanol–water partition coefficient (Wildman–Crippen LogP) is 5.03. The lowest BCUT2D eigenvalue weighted by molar-refractivity contribution is -0.113. The number of carbonyl (C=O) groups is 1. The van der Waals surface area contributed by atoms with E-state index in [-0.39, 0.29) is 11.7 Å². The largest absolute Gasteiger partial charge is 0.301 e. The van der Waals surface area contributed by atoms with Crippen molar-refractivity contribution in [2.24, 2.45) is 0 Å². The van der Waals surface area contributed by atoms with Crippen LogP contribution in [0.2, 0.25) is 5.02 Å². The number of rotatable bonds is 8. The molecule has 10 heteroatoms. The molecule has 1 amide bonds. The molecule has 0 fully saturated rings. The maximum Gasteiger partial charge on any atom is 0.236 e. The molecule has 3 aromatic heterocycles. The number of thiazole rings is 1. The smallest absolute Gasteiger partial charge is 0.236 e. The quantitative estimate of drug-likeness (QED) is 0.288. The van der Waals surface area contributed by atoms with Gasteiger partial charge in [-0.2, -0.15) is 0 Å². The molecule has 0 aliphatic rings. The zero-order valence-electron chi connectivity index (χ0n) is 16.2. The molecule has 0 saturated heterocycles. The number of allylic oxidation sites excluding steroid dienone is 1. The summed E-state index contributed by atoms with van der Waals surface area (Å²) in [4.78, 5) is 21.1. The monoisotopic (exact) mass is 468 g/mol. The summed E-state index contributed by atoms with van der Waals surface area (Å²) in [7, 11) is 0. The first kappa shape index (κ1) is 21.2. The van der Waals surface area contributed by atoms with E-state index in [1.807, 2.05) is 46.3 Å². The first-order valence-electron chi connectivity index (χ1n) is 9.22. The Balaban J connectivity index is 1.41. The summed E-state index contributed by atoms with van der Waals surface area (Å²) >= 11 is 8.61. The van der Waals surface area contributed by atoms with Crippen molar-refractivity contribution in [3.8, 4) is 22.6 Å². The molecule has 0 spiro atoms. The molecule has 0 bridgehead atoms. The number of halogens is 1. The Kier molecular flexibility index (Phi) is 6.76. The molecule has 1 aromatic carbocycles. The van der Waals surface area contributed by atoms with E-state index in [0.717, 1.165) is 16.8 Å². The number of anilines is 1. The Morgan fingerprint density at radius 3 is 2.81 bits per heavy atom. The highest BCUT2D eigenvalue weighted by Crippen LogP contribution is 2.27. The fraction of sp³-hybridized carbons (Fsp3) is 0.0952. The lowest BCUT2D eigenvalue weighted by Crippen LogP contribution is -2.14. The third-order valence-electron chi connectivity index (χ3n) is 4.17. The molecule has 0 radical (unpaired) electrons. The van der Waals surface area contributed by atoms with Crippen molar-refractivity contribution in [2.45, 2.75) is 11.7 Å². The van der Waals surface area contributed by atoms with Gasteiger partial charge in [0.05, 0.1) is 11.4 Å². The maximum absolute atomic E-state index is 12.5. The second-order valence-electron chi connectivity index (χ2n) is 6.33. The highest BCUT2D eigenvalue weighted by molar-refractivity contribution is 7.99. The number of nitrogens with one attached hydrogen (secondary N) is 1. The average molecular weight is 469 g/mol. The van der Waals surface area contributed by atoms with Gasteiger partial charge >= 0.3 is 0 Å². The average Bonchev–Trinajstić information content (AvgIpc) is 3.41. The second-order valence-corrected chi connectivity index (χ2v) is 8.57. The Labute approximate surface area is 192 Å². The van der Waals surface area contributed by atoms with Crippen LogP contribution in [0.15, 0.2) is 72.0 Å². The molecular weight excluding hydrogens is 452 g/mol. The van der Waals surface area contributed by atoms with Crippen molar-refractivity contribution < 1.29 is 4.79 Å². The van der Waals surface area contributed by atoms with Crippen LogP contribution < -0.4 is 5.32 Å². The minimum atomic E-state index is -0.168. The van der Waals surface area contributed by atoms with Gasteiger partial charge in [0.25, 0.3) is 0 Å². The molecular formula is C21H17ClN6OS2. The van der Waals surface area contributed by atoms with Crippen LogP contribution in [-0.2, 0) is 11.3 Å². The van der Waals surface area contributed by atoms with Crippen molar-refractivity contribution in [3.63, 3.8) is 0 Å². The van der Waals surface area contributed by atoms with E-state index < -0.39 is 0 Å². The van der Waals surface area contributed by atoms with Crippen molar-refractivity contribution >= 4 is 45.7 Å². The van der Waals surface area contributed by atoms with Gasteiger partial charge in [-0.05, 0) is 24.3 Å². The van der Waals surface area contributed by atoms with E-state index in [1.54, 1.807) is 18.5 Å². The van der Waals surface area contributed by atoms with E-state index in [4.69, 9.17) is 11.6 Å². The normalized spacial score (nSPS) is 10.7. The van der Waals surface area contributed by atoms with Gasteiger partial charge in [-0.3, -0.25) is 14.3 Å². The van der Waals surface area contributed by atoms with Gasteiger partial charge in [-0.15, -0.1) is 28.1 Å². The van der Waals surface area contributed by atoms with E-state index >= 15 is 0 Å². The molecule has 31 heavy (non-hydrogen) atoms. The number of aromatic nitrogens is 5. The number of amides is 1. The number of pyridine rings is 1. The summed E-state index contributed by atoms with van der Waals surface area (Å²) in [5.41, 5.74) is 2.58. The maximum atomic E-state index is 12.5. The highest BCUT2D eigenvalue weighted by atomic mass is 35.5. The fourth-order valence-corrected chi connectivity index (χ4v) is 4.38. The number of thioether (sulfide) groups is 1. The highest BCUT2D eigenvalue weighted by Gasteiger charge is 2.16. The van der Waals surface area contributed by atoms with Gasteiger partial charge in [0.15, 0.2) is 16.1 Å². The SMILES string of the molecule is C=CCn1c(SCC(=O)Nc2nc(-c3ccc(Cl)cc3)cs2)nnc1-c1cccnc1. The van der Waals surface area contributed by atoms with Gasteiger partial charge in [0.1, 0.15) is 0 Å². The van der Waals surface area contributed by atoms with Crippen molar-refractivity contribution in [3.05, 3.63) is 71.8 Å². The lowest BCUT2D eigenvalue weighted by Gasteiger charge is -2.07. The molecule has 1 N–H and O–H groups in total. The number of nitrogens with zero attached hydrogens (tertiary/aromatic N) is 5. The van der Waals surface area contributed by atoms with Gasteiger partial charge in [0, 0.05) is 40.5 Å². The minimum Gasteiger partial charge on any atom is -0.301 e. The van der Waals surface area contributed by atoms with Crippen LogP contribution in [0.1, 0.15) is 0 Å². The van der Waals surface area contributed by atoms with Crippen LogP contribution in [0.25, 0.3) is 22.6 Å². The molecule has 0 atom stereocenters. The van der Waals surface area contributed by atoms with Crippen LogP contribution in [0.5, 0.6) is 0 Å². The third kappa shape index (κ3) is 5.19. The molecule has 0 unspecified atom stereocenters. The Morgan fingerprint density at radius 2 is 2.06 bits per heavy atom. The van der Waals surface area contributed by atoms with Gasteiger partial charge in [0.2, 0.25) is 5.91 Å². The second kappa shape index (κ2) is 9.86. The van der Waals surface area contributed by atoms with Crippen LogP contribution in [0.4, 0.5) is 5.13 Å². The van der Waals surface area contributed by atoms with E-state index in [2.05, 4.69) is 32.1 Å². The Morgan fingerprint density at radius 1 is 1.23 bits per heavy atom. The summed E-state index contributed by atoms with van der Waals surface area (Å²) in [6.45, 7) is 4.33. The standard InChI is InChI=1S/C21H17ClN6OS2/c1-2-10-28-19(15-4-3-9-23-11-15)26-27-21(28)31-13-18(29)25-20-24-17(12-30-20)14-5-7-16(22)8-6-14/h2-9,11-12H,1,10,13H2,(H,24,25,29). The van der Waals surface area contributed by atoms with Crippen molar-refractivity contribution in [1.29, 1.82) is 0 Å². The summed E-state index contributed by atoms with van der Waals surface area (Å²) in [5, 5.41) is 15.1. The molecule has 4 aromatic rings. The fourth-order valence-electron chi connectivity index (χ4n) is 2.77. The lowest BCUT2D eigenvalue weighted by atomic mass is 10.2. The topological polar surface area (TPSA) is 85.6 Å². The first-order valence-corrected chi connectivity index (χ1v) is 11.5. The van der Waals surface area contributed by atoms with E-state index in [1.165, 1.54) is 23.1 Å². The van der Waals surface area contributed by atoms with Crippen LogP contribution in [-0.4, -0.2) is 36.4 Å². The first-order chi connectivity index (χ1) is 15.1. The minimum absolute atomic E-state index is 0.168. The number of carbonyl (C=O) groups excluding carboxylic acids is 1. The summed E-state index contributed by atoms with van der Waals surface area (Å²) in [6.07, 6.45) is 5.20. The van der Waals surface area contributed by atoms with Gasteiger partial charge in [-0.1, -0.05) is 41.6 Å². The third-order valence-corrected chi connectivity index (χ3v) is 6.15. The molecule has 4 rings (SSSR count). The predicted molar refractivity (Wildman–Crippen MR) is 125 cm³/mol. The van der Waals surface area contributed by atoms with Crippen molar-refractivity contribution in [2.75, 3.05) is 11.1 Å². The molecule has 0 saturated carbocycles. The molecule has 156 valence electrons. The molecule has 0 aliphatic heterocycles.